The lowest BCUT2D eigenvalue weighted by Gasteiger charge is -2.25. The average Bonchev–Trinajstić information content (AvgIpc) is 2.70. The molecular formula is C12H20Br2N2O2. The fourth-order valence-electron chi connectivity index (χ4n) is 1.86. The third kappa shape index (κ3) is 4.24. The van der Waals surface area contributed by atoms with E-state index in [-0.39, 0.29) is 6.04 Å². The molecule has 0 bridgehead atoms. The molecule has 1 rings (SSSR count). The van der Waals surface area contributed by atoms with Gasteiger partial charge < -0.3 is 15.8 Å². The predicted octanol–water partition coefficient (Wildman–Crippen LogP) is 2.70. The number of nitrogens with two attached hydrogens (primary N) is 1. The average molecular weight is 384 g/mol. The lowest BCUT2D eigenvalue weighted by Crippen LogP contribution is -2.43. The van der Waals surface area contributed by atoms with Gasteiger partial charge in [0.05, 0.1) is 6.04 Å². The van der Waals surface area contributed by atoms with Gasteiger partial charge in [0.25, 0.3) is 0 Å². The Bertz CT molecular complexity index is 343. The van der Waals surface area contributed by atoms with Crippen molar-refractivity contribution in [1.29, 1.82) is 0 Å². The standard InChI is InChI=1S/C12H20Br2N2O2/c1-12(2,7-15)18-11(17)16-10-4-3-8(5-13)9(10)6-14/h10H,3-7,15H2,1-2H3,(H,16,17). The number of halogens is 2. The second kappa shape index (κ2) is 6.91. The molecule has 0 radical (unpaired) electrons. The fourth-order valence-corrected chi connectivity index (χ4v) is 3.29. The topological polar surface area (TPSA) is 64.3 Å². The Kier molecular flexibility index (Phi) is 6.14. The molecule has 0 saturated heterocycles. The minimum absolute atomic E-state index is 0.0676. The van der Waals surface area contributed by atoms with E-state index in [2.05, 4.69) is 37.2 Å². The number of amides is 1. The van der Waals surface area contributed by atoms with Gasteiger partial charge in [0, 0.05) is 17.2 Å². The van der Waals surface area contributed by atoms with Crippen LogP contribution in [0.3, 0.4) is 0 Å². The second-order valence-electron chi connectivity index (χ2n) is 4.98. The molecule has 0 heterocycles. The quantitative estimate of drug-likeness (QED) is 0.566. The second-order valence-corrected chi connectivity index (χ2v) is 6.11. The molecule has 0 fully saturated rings. The van der Waals surface area contributed by atoms with E-state index in [1.165, 1.54) is 11.1 Å². The van der Waals surface area contributed by atoms with Crippen LogP contribution in [0.4, 0.5) is 4.79 Å². The first-order valence-corrected chi connectivity index (χ1v) is 8.20. The molecule has 6 heteroatoms. The fraction of sp³-hybridized carbons (Fsp3) is 0.750. The third-order valence-electron chi connectivity index (χ3n) is 3.07. The molecule has 4 nitrogen and oxygen atoms in total. The molecule has 18 heavy (non-hydrogen) atoms. The Morgan fingerprint density at radius 3 is 2.67 bits per heavy atom. The Balaban J connectivity index is 2.58. The van der Waals surface area contributed by atoms with E-state index < -0.39 is 11.7 Å². The van der Waals surface area contributed by atoms with Crippen LogP contribution in [0.15, 0.2) is 11.1 Å². The zero-order valence-electron chi connectivity index (χ0n) is 10.8. The Morgan fingerprint density at radius 1 is 1.50 bits per heavy atom. The van der Waals surface area contributed by atoms with Gasteiger partial charge in [0.1, 0.15) is 5.60 Å². The lowest BCUT2D eigenvalue weighted by molar-refractivity contribution is 0.0439. The first-order chi connectivity index (χ1) is 8.43. The van der Waals surface area contributed by atoms with E-state index in [1.807, 2.05) is 0 Å². The number of hydrogen-bond donors (Lipinski definition) is 2. The summed E-state index contributed by atoms with van der Waals surface area (Å²) in [6.45, 7) is 3.90. The molecule has 0 spiro atoms. The van der Waals surface area contributed by atoms with Gasteiger partial charge in [0.2, 0.25) is 0 Å². The molecule has 1 amide bonds. The van der Waals surface area contributed by atoms with Crippen molar-refractivity contribution in [2.75, 3.05) is 17.2 Å². The highest BCUT2D eigenvalue weighted by atomic mass is 79.9. The van der Waals surface area contributed by atoms with Gasteiger partial charge in [-0.05, 0) is 32.3 Å². The van der Waals surface area contributed by atoms with Gasteiger partial charge in [-0.25, -0.2) is 4.79 Å². The van der Waals surface area contributed by atoms with Crippen LogP contribution >= 0.6 is 31.9 Å². The van der Waals surface area contributed by atoms with Crippen molar-refractivity contribution in [2.24, 2.45) is 5.73 Å². The molecule has 1 aliphatic carbocycles. The summed E-state index contributed by atoms with van der Waals surface area (Å²) >= 11 is 6.94. The Morgan fingerprint density at radius 2 is 2.17 bits per heavy atom. The summed E-state index contributed by atoms with van der Waals surface area (Å²) in [6, 6.07) is 0.0676. The van der Waals surface area contributed by atoms with E-state index in [1.54, 1.807) is 13.8 Å². The number of nitrogens with one attached hydrogen (secondary N) is 1. The maximum Gasteiger partial charge on any atom is 0.408 e. The van der Waals surface area contributed by atoms with Crippen LogP contribution in [-0.2, 0) is 4.74 Å². The zero-order chi connectivity index (χ0) is 13.8. The van der Waals surface area contributed by atoms with Gasteiger partial charge in [-0.15, -0.1) is 0 Å². The molecule has 0 saturated carbocycles. The first-order valence-electron chi connectivity index (χ1n) is 5.95. The van der Waals surface area contributed by atoms with Crippen LogP contribution in [0.2, 0.25) is 0 Å². The van der Waals surface area contributed by atoms with E-state index in [4.69, 9.17) is 10.5 Å². The van der Waals surface area contributed by atoms with Crippen molar-refractivity contribution in [2.45, 2.75) is 38.3 Å². The number of carbonyl (C=O) groups is 1. The van der Waals surface area contributed by atoms with Gasteiger partial charge >= 0.3 is 6.09 Å². The molecule has 1 unspecified atom stereocenters. The van der Waals surface area contributed by atoms with Crippen molar-refractivity contribution in [3.05, 3.63) is 11.1 Å². The Hall–Kier alpha value is -0.0700. The number of hydrogen-bond acceptors (Lipinski definition) is 3. The summed E-state index contributed by atoms with van der Waals surface area (Å²) in [5.41, 5.74) is 7.51. The largest absolute Gasteiger partial charge is 0.442 e. The van der Waals surface area contributed by atoms with E-state index in [9.17, 15) is 4.79 Å². The highest BCUT2D eigenvalue weighted by molar-refractivity contribution is 9.09. The zero-order valence-corrected chi connectivity index (χ0v) is 13.9. The molecule has 0 aromatic heterocycles. The van der Waals surface area contributed by atoms with Crippen LogP contribution in [0.25, 0.3) is 0 Å². The molecule has 1 atom stereocenters. The molecular weight excluding hydrogens is 364 g/mol. The number of alkyl carbamates (subject to hydrolysis) is 1. The number of allylic oxidation sites excluding steroid dienone is 1. The van der Waals surface area contributed by atoms with Gasteiger partial charge in [0.15, 0.2) is 0 Å². The molecule has 1 aliphatic rings. The van der Waals surface area contributed by atoms with Crippen molar-refractivity contribution in [3.8, 4) is 0 Å². The van der Waals surface area contributed by atoms with E-state index >= 15 is 0 Å². The number of rotatable bonds is 5. The summed E-state index contributed by atoms with van der Waals surface area (Å²) in [5, 5.41) is 4.54. The minimum Gasteiger partial charge on any atom is -0.442 e. The van der Waals surface area contributed by atoms with Gasteiger partial charge in [-0.2, -0.15) is 0 Å². The molecule has 0 aliphatic heterocycles. The lowest BCUT2D eigenvalue weighted by atomic mass is 10.1. The smallest absolute Gasteiger partial charge is 0.408 e. The molecule has 0 aromatic rings. The van der Waals surface area contributed by atoms with Crippen molar-refractivity contribution >= 4 is 38.0 Å². The van der Waals surface area contributed by atoms with E-state index in [0.717, 1.165) is 23.5 Å². The number of ether oxygens (including phenoxy) is 1. The van der Waals surface area contributed by atoms with Gasteiger partial charge in [-0.1, -0.05) is 37.4 Å². The predicted molar refractivity (Wildman–Crippen MR) is 80.4 cm³/mol. The summed E-state index contributed by atoms with van der Waals surface area (Å²) in [5.74, 6) is 0. The van der Waals surface area contributed by atoms with Crippen LogP contribution < -0.4 is 11.1 Å². The van der Waals surface area contributed by atoms with E-state index in [0.29, 0.717) is 6.54 Å². The summed E-state index contributed by atoms with van der Waals surface area (Å²) in [4.78, 5) is 11.8. The normalized spacial score (nSPS) is 20.2. The highest BCUT2D eigenvalue weighted by Crippen LogP contribution is 2.29. The Labute approximate surface area is 125 Å². The van der Waals surface area contributed by atoms with Crippen molar-refractivity contribution < 1.29 is 9.53 Å². The minimum atomic E-state index is -0.626. The van der Waals surface area contributed by atoms with Crippen LogP contribution in [0.5, 0.6) is 0 Å². The van der Waals surface area contributed by atoms with Crippen molar-refractivity contribution in [1.82, 2.24) is 5.32 Å². The van der Waals surface area contributed by atoms with Crippen molar-refractivity contribution in [3.63, 3.8) is 0 Å². The highest BCUT2D eigenvalue weighted by Gasteiger charge is 2.28. The first kappa shape index (κ1) is 16.0. The summed E-state index contributed by atoms with van der Waals surface area (Å²) < 4.78 is 5.29. The van der Waals surface area contributed by atoms with Crippen LogP contribution in [0.1, 0.15) is 26.7 Å². The number of alkyl halides is 2. The maximum absolute atomic E-state index is 11.8. The molecule has 0 aromatic carbocycles. The maximum atomic E-state index is 11.8. The third-order valence-corrected chi connectivity index (χ3v) is 4.35. The molecule has 104 valence electrons. The SMILES string of the molecule is CC(C)(CN)OC(=O)NC1CCC(CBr)=C1CBr. The summed E-state index contributed by atoms with van der Waals surface area (Å²) in [7, 11) is 0. The van der Waals surface area contributed by atoms with Crippen LogP contribution in [-0.4, -0.2) is 34.9 Å². The van der Waals surface area contributed by atoms with Crippen LogP contribution in [0, 0.1) is 0 Å². The summed E-state index contributed by atoms with van der Waals surface area (Å²) in [6.07, 6.45) is 1.54. The number of carbonyl (C=O) groups excluding carboxylic acids is 1. The monoisotopic (exact) mass is 382 g/mol. The molecule has 3 N–H and O–H groups in total. The van der Waals surface area contributed by atoms with Gasteiger partial charge in [-0.3, -0.25) is 0 Å².